The molecule has 0 aromatic carbocycles. The molecule has 0 amide bonds. The van der Waals surface area contributed by atoms with E-state index in [4.69, 9.17) is 5.11 Å². The van der Waals surface area contributed by atoms with Gasteiger partial charge in [0.25, 0.3) is 0 Å². The maximum atomic E-state index is 10.8. The number of rotatable bonds is 3. The van der Waals surface area contributed by atoms with Crippen molar-refractivity contribution in [2.45, 2.75) is 38.2 Å². The second-order valence-corrected chi connectivity index (χ2v) is 4.39. The van der Waals surface area contributed by atoms with E-state index in [1.165, 1.54) is 0 Å². The molecular formula is C11H15NO3. The number of carbonyl (C=O) groups is 1. The molecule has 1 aromatic heterocycles. The largest absolute Gasteiger partial charge is 0.479 e. The monoisotopic (exact) mass is 209 g/mol. The van der Waals surface area contributed by atoms with Gasteiger partial charge in [0.15, 0.2) is 6.10 Å². The third-order valence-corrected chi connectivity index (χ3v) is 3.23. The molecule has 15 heavy (non-hydrogen) atoms. The molecule has 1 aliphatic rings. The van der Waals surface area contributed by atoms with Gasteiger partial charge in [-0.15, -0.1) is 0 Å². The zero-order chi connectivity index (χ0) is 11.2. The number of aliphatic carboxylic acids is 1. The summed E-state index contributed by atoms with van der Waals surface area (Å²) in [7, 11) is 0. The molecule has 3 N–H and O–H groups in total. The number of carboxylic acid groups (broad SMARTS) is 1. The lowest BCUT2D eigenvalue weighted by Gasteiger charge is -2.18. The van der Waals surface area contributed by atoms with Crippen LogP contribution in [0.1, 0.15) is 29.8 Å². The minimum absolute atomic E-state index is 0.541. The Labute approximate surface area is 87.9 Å². The second-order valence-electron chi connectivity index (χ2n) is 4.39. The average molecular weight is 209 g/mol. The Morgan fingerprint density at radius 2 is 2.13 bits per heavy atom. The number of nitrogens with one attached hydrogen (secondary N) is 1. The normalized spacial score (nSPS) is 19.9. The molecule has 82 valence electrons. The van der Waals surface area contributed by atoms with Crippen LogP contribution < -0.4 is 0 Å². The van der Waals surface area contributed by atoms with Crippen molar-refractivity contribution < 1.29 is 15.0 Å². The van der Waals surface area contributed by atoms with Crippen LogP contribution in [0.15, 0.2) is 6.07 Å². The molecule has 0 aliphatic heterocycles. The van der Waals surface area contributed by atoms with Gasteiger partial charge in [0.1, 0.15) is 0 Å². The lowest BCUT2D eigenvalue weighted by Crippen LogP contribution is -2.34. The summed E-state index contributed by atoms with van der Waals surface area (Å²) in [6, 6.07) is 1.94. The molecule has 1 fully saturated rings. The van der Waals surface area contributed by atoms with Gasteiger partial charge in [-0.3, -0.25) is 0 Å². The van der Waals surface area contributed by atoms with E-state index < -0.39 is 17.5 Å². The van der Waals surface area contributed by atoms with Crippen molar-refractivity contribution in [1.82, 2.24) is 4.98 Å². The minimum Gasteiger partial charge on any atom is -0.479 e. The van der Waals surface area contributed by atoms with E-state index in [1.807, 2.05) is 19.9 Å². The van der Waals surface area contributed by atoms with Gasteiger partial charge in [0.2, 0.25) is 0 Å². The number of aliphatic hydroxyl groups is 1. The van der Waals surface area contributed by atoms with Crippen LogP contribution in [0.5, 0.6) is 0 Å². The highest BCUT2D eigenvalue weighted by Gasteiger charge is 2.54. The Kier molecular flexibility index (Phi) is 2.12. The highest BCUT2D eigenvalue weighted by molar-refractivity contribution is 5.75. The van der Waals surface area contributed by atoms with Crippen LogP contribution in [-0.4, -0.2) is 27.3 Å². The maximum Gasteiger partial charge on any atom is 0.333 e. The van der Waals surface area contributed by atoms with E-state index in [0.29, 0.717) is 0 Å². The molecule has 1 atom stereocenters. The first kappa shape index (κ1) is 10.2. The van der Waals surface area contributed by atoms with Gasteiger partial charge >= 0.3 is 5.97 Å². The van der Waals surface area contributed by atoms with E-state index in [-0.39, 0.29) is 0 Å². The summed E-state index contributed by atoms with van der Waals surface area (Å²) in [4.78, 5) is 14.0. The summed E-state index contributed by atoms with van der Waals surface area (Å²) < 4.78 is 0. The Morgan fingerprint density at radius 1 is 1.53 bits per heavy atom. The molecular weight excluding hydrogens is 194 g/mol. The van der Waals surface area contributed by atoms with E-state index >= 15 is 0 Å². The number of hydrogen-bond acceptors (Lipinski definition) is 2. The topological polar surface area (TPSA) is 73.3 Å². The molecule has 0 spiro atoms. The molecule has 0 bridgehead atoms. The Hall–Kier alpha value is -1.29. The predicted molar refractivity (Wildman–Crippen MR) is 54.8 cm³/mol. The quantitative estimate of drug-likeness (QED) is 0.698. The standard InChI is InChI=1S/C11H15NO3/c1-6-5-8(7(2)12-6)11(3-4-11)9(13)10(14)15/h5,9,12-13H,3-4H2,1-2H3,(H,14,15). The Morgan fingerprint density at radius 3 is 2.47 bits per heavy atom. The fourth-order valence-corrected chi connectivity index (χ4v) is 2.30. The molecule has 1 saturated carbocycles. The van der Waals surface area contributed by atoms with Crippen molar-refractivity contribution in [2.24, 2.45) is 0 Å². The van der Waals surface area contributed by atoms with Crippen molar-refractivity contribution >= 4 is 5.97 Å². The fourth-order valence-electron chi connectivity index (χ4n) is 2.30. The van der Waals surface area contributed by atoms with E-state index in [0.717, 1.165) is 29.8 Å². The van der Waals surface area contributed by atoms with Gasteiger partial charge < -0.3 is 15.2 Å². The lowest BCUT2D eigenvalue weighted by atomic mass is 9.90. The molecule has 4 heteroatoms. The van der Waals surface area contributed by atoms with Crippen molar-refractivity contribution in [3.05, 3.63) is 23.0 Å². The molecule has 1 heterocycles. The number of aliphatic hydroxyl groups excluding tert-OH is 1. The van der Waals surface area contributed by atoms with Gasteiger partial charge in [-0.2, -0.15) is 0 Å². The predicted octanol–water partition coefficient (Wildman–Crippen LogP) is 1.11. The van der Waals surface area contributed by atoms with Crippen molar-refractivity contribution in [2.75, 3.05) is 0 Å². The summed E-state index contributed by atoms with van der Waals surface area (Å²) >= 11 is 0. The smallest absolute Gasteiger partial charge is 0.333 e. The van der Waals surface area contributed by atoms with Gasteiger partial charge in [-0.1, -0.05) is 0 Å². The van der Waals surface area contributed by atoms with Crippen LogP contribution in [0.2, 0.25) is 0 Å². The first-order chi connectivity index (χ1) is 6.97. The zero-order valence-corrected chi connectivity index (χ0v) is 8.87. The number of aromatic nitrogens is 1. The summed E-state index contributed by atoms with van der Waals surface area (Å²) in [6.45, 7) is 3.84. The molecule has 1 aliphatic carbocycles. The first-order valence-corrected chi connectivity index (χ1v) is 5.05. The molecule has 1 aromatic rings. The van der Waals surface area contributed by atoms with Crippen LogP contribution in [-0.2, 0) is 10.2 Å². The van der Waals surface area contributed by atoms with Crippen molar-refractivity contribution in [3.8, 4) is 0 Å². The lowest BCUT2D eigenvalue weighted by molar-refractivity contribution is -0.148. The van der Waals surface area contributed by atoms with Crippen LogP contribution in [0, 0.1) is 13.8 Å². The van der Waals surface area contributed by atoms with Crippen LogP contribution in [0.4, 0.5) is 0 Å². The van der Waals surface area contributed by atoms with E-state index in [9.17, 15) is 9.90 Å². The molecule has 1 unspecified atom stereocenters. The maximum absolute atomic E-state index is 10.8. The Bertz CT molecular complexity index is 404. The summed E-state index contributed by atoms with van der Waals surface area (Å²) in [5.41, 5.74) is 2.38. The molecule has 0 radical (unpaired) electrons. The Balaban J connectivity index is 2.38. The van der Waals surface area contributed by atoms with Crippen LogP contribution in [0.3, 0.4) is 0 Å². The number of carboxylic acids is 1. The summed E-state index contributed by atoms with van der Waals surface area (Å²) in [5.74, 6) is -1.13. The average Bonchev–Trinajstić information content (AvgIpc) is 2.87. The van der Waals surface area contributed by atoms with Gasteiger partial charge in [0, 0.05) is 16.8 Å². The summed E-state index contributed by atoms with van der Waals surface area (Å²) in [6.07, 6.45) is 0.211. The molecule has 2 rings (SSSR count). The fraction of sp³-hybridized carbons (Fsp3) is 0.545. The summed E-state index contributed by atoms with van der Waals surface area (Å²) in [5, 5.41) is 18.5. The third kappa shape index (κ3) is 1.45. The molecule has 0 saturated heterocycles. The number of hydrogen-bond donors (Lipinski definition) is 3. The van der Waals surface area contributed by atoms with Crippen LogP contribution >= 0.6 is 0 Å². The van der Waals surface area contributed by atoms with Crippen LogP contribution in [0.25, 0.3) is 0 Å². The van der Waals surface area contributed by atoms with E-state index in [2.05, 4.69) is 4.98 Å². The van der Waals surface area contributed by atoms with Crippen molar-refractivity contribution in [3.63, 3.8) is 0 Å². The number of aromatic amines is 1. The van der Waals surface area contributed by atoms with Crippen molar-refractivity contribution in [1.29, 1.82) is 0 Å². The SMILES string of the molecule is Cc1cc(C2(C(O)C(=O)O)CC2)c(C)[nH]1. The highest BCUT2D eigenvalue weighted by Crippen LogP contribution is 2.52. The zero-order valence-electron chi connectivity index (χ0n) is 8.87. The van der Waals surface area contributed by atoms with Gasteiger partial charge in [-0.05, 0) is 38.3 Å². The first-order valence-electron chi connectivity index (χ1n) is 5.05. The number of H-pyrrole nitrogens is 1. The van der Waals surface area contributed by atoms with Gasteiger partial charge in [-0.25, -0.2) is 4.79 Å². The minimum atomic E-state index is -1.29. The second kappa shape index (κ2) is 3.10. The third-order valence-electron chi connectivity index (χ3n) is 3.23. The highest BCUT2D eigenvalue weighted by atomic mass is 16.4. The number of aryl methyl sites for hydroxylation is 2. The van der Waals surface area contributed by atoms with E-state index in [1.54, 1.807) is 0 Å². The van der Waals surface area contributed by atoms with Gasteiger partial charge in [0.05, 0.1) is 0 Å². The molecule has 4 nitrogen and oxygen atoms in total.